The van der Waals surface area contributed by atoms with Crippen LogP contribution >= 0.6 is 0 Å². The summed E-state index contributed by atoms with van der Waals surface area (Å²) in [5.74, 6) is -2.94. The number of alkyl halides is 3. The van der Waals surface area contributed by atoms with E-state index in [-0.39, 0.29) is 23.0 Å². The van der Waals surface area contributed by atoms with E-state index in [2.05, 4.69) is 23.5 Å². The van der Waals surface area contributed by atoms with Crippen LogP contribution in [0.25, 0.3) is 0 Å². The maximum absolute atomic E-state index is 13.5. The molecular weight excluding hydrogens is 539 g/mol. The van der Waals surface area contributed by atoms with Gasteiger partial charge in [0.05, 0.1) is 5.54 Å². The highest BCUT2D eigenvalue weighted by atomic mass is 19.4. The maximum atomic E-state index is 13.5. The van der Waals surface area contributed by atoms with Gasteiger partial charge in [0, 0.05) is 30.5 Å². The number of benzene rings is 2. The molecule has 2 amide bonds. The first-order valence-electron chi connectivity index (χ1n) is 13.5. The molecule has 0 aromatic heterocycles. The van der Waals surface area contributed by atoms with E-state index in [4.69, 9.17) is 15.6 Å². The second-order valence-electron chi connectivity index (χ2n) is 11.2. The molecule has 2 aromatic rings. The molecule has 8 nitrogen and oxygen atoms in total. The number of carbonyl (C=O) groups is 4. The quantitative estimate of drug-likeness (QED) is 0.458. The van der Waals surface area contributed by atoms with Crippen molar-refractivity contribution in [3.63, 3.8) is 0 Å². The number of piperidine rings is 1. The number of hydrogen-bond donors (Lipinski definition) is 3. The first kappa shape index (κ1) is 31.8. The molecule has 4 N–H and O–H groups in total. The van der Waals surface area contributed by atoms with Crippen molar-refractivity contribution in [2.45, 2.75) is 75.5 Å². The summed E-state index contributed by atoms with van der Waals surface area (Å²) in [7, 11) is 0. The lowest BCUT2D eigenvalue weighted by Crippen LogP contribution is -2.57. The number of amides is 2. The molecule has 4 rings (SSSR count). The van der Waals surface area contributed by atoms with Gasteiger partial charge in [-0.2, -0.15) is 13.2 Å². The number of carboxylic acid groups (broad SMARTS) is 1. The van der Waals surface area contributed by atoms with Crippen LogP contribution in [-0.2, 0) is 26.2 Å². The summed E-state index contributed by atoms with van der Waals surface area (Å²) in [5, 5.41) is 10.0. The third-order valence-corrected chi connectivity index (χ3v) is 7.56. The summed E-state index contributed by atoms with van der Waals surface area (Å²) in [6, 6.07) is 17.4. The Morgan fingerprint density at radius 1 is 1.02 bits per heavy atom. The molecule has 11 heteroatoms. The third-order valence-electron chi connectivity index (χ3n) is 7.56. The fourth-order valence-corrected chi connectivity index (χ4v) is 5.26. The Hall–Kier alpha value is -3.73. The van der Waals surface area contributed by atoms with Crippen LogP contribution < -0.4 is 11.1 Å². The van der Waals surface area contributed by atoms with E-state index < -0.39 is 23.7 Å². The maximum Gasteiger partial charge on any atom is 0.490 e. The third kappa shape index (κ3) is 8.16. The summed E-state index contributed by atoms with van der Waals surface area (Å²) in [4.78, 5) is 49.5. The Kier molecular flexibility index (Phi) is 9.96. The monoisotopic (exact) mass is 575 g/mol. The summed E-state index contributed by atoms with van der Waals surface area (Å²) in [5.41, 5.74) is 7.94. The molecule has 222 valence electrons. The number of ketones is 1. The average molecular weight is 576 g/mol. The Balaban J connectivity index is 0.000000587. The lowest BCUT2D eigenvalue weighted by molar-refractivity contribution is -0.192. The van der Waals surface area contributed by atoms with Crippen LogP contribution in [0.1, 0.15) is 67.4 Å². The van der Waals surface area contributed by atoms with Crippen LogP contribution in [0.4, 0.5) is 13.2 Å². The van der Waals surface area contributed by atoms with Crippen LogP contribution in [0.3, 0.4) is 0 Å². The second kappa shape index (κ2) is 12.8. The summed E-state index contributed by atoms with van der Waals surface area (Å²) < 4.78 is 31.7. The van der Waals surface area contributed by atoms with Gasteiger partial charge in [0.1, 0.15) is 6.04 Å². The lowest BCUT2D eigenvalue weighted by Gasteiger charge is -2.41. The minimum absolute atomic E-state index is 0.0573. The molecule has 0 radical (unpaired) electrons. The molecular formula is C30H36F3N3O5. The number of nitrogens with one attached hydrogen (secondary N) is 1. The highest BCUT2D eigenvalue weighted by Crippen LogP contribution is 2.46. The van der Waals surface area contributed by atoms with Crippen molar-refractivity contribution in [3.05, 3.63) is 71.3 Å². The van der Waals surface area contributed by atoms with Gasteiger partial charge in [-0.25, -0.2) is 4.79 Å². The topological polar surface area (TPSA) is 130 Å². The Labute approximate surface area is 237 Å². The number of aryl methyl sites for hydroxylation is 1. The summed E-state index contributed by atoms with van der Waals surface area (Å²) in [6.07, 6.45) is -0.867. The molecule has 1 spiro atoms. The first-order valence-corrected chi connectivity index (χ1v) is 13.5. The number of likely N-dealkylation sites (tertiary alicyclic amines) is 1. The van der Waals surface area contributed by atoms with Crippen LogP contribution in [0, 0.1) is 0 Å². The average Bonchev–Trinajstić information content (AvgIpc) is 3.19. The molecule has 1 fully saturated rings. The second-order valence-corrected chi connectivity index (χ2v) is 11.2. The molecule has 1 atom stereocenters. The zero-order chi connectivity index (χ0) is 30.4. The Morgan fingerprint density at radius 3 is 2.15 bits per heavy atom. The molecule has 2 aliphatic rings. The Morgan fingerprint density at radius 2 is 1.59 bits per heavy atom. The number of rotatable bonds is 7. The summed E-state index contributed by atoms with van der Waals surface area (Å²) >= 11 is 0. The number of halogens is 3. The van der Waals surface area contributed by atoms with Crippen molar-refractivity contribution in [3.8, 4) is 0 Å². The van der Waals surface area contributed by atoms with E-state index >= 15 is 0 Å². The molecule has 1 aliphatic carbocycles. The number of aliphatic carboxylic acids is 1. The highest BCUT2D eigenvalue weighted by Gasteiger charge is 2.46. The van der Waals surface area contributed by atoms with Crippen molar-refractivity contribution in [2.75, 3.05) is 13.1 Å². The molecule has 1 saturated heterocycles. The fourth-order valence-electron chi connectivity index (χ4n) is 5.26. The highest BCUT2D eigenvalue weighted by molar-refractivity contribution is 6.02. The van der Waals surface area contributed by atoms with Gasteiger partial charge in [0.15, 0.2) is 5.78 Å². The van der Waals surface area contributed by atoms with Crippen molar-refractivity contribution in [1.82, 2.24) is 10.2 Å². The van der Waals surface area contributed by atoms with Crippen LogP contribution in [0.2, 0.25) is 0 Å². The van der Waals surface area contributed by atoms with E-state index in [0.717, 1.165) is 36.8 Å². The molecule has 1 unspecified atom stereocenters. The normalized spacial score (nSPS) is 16.8. The van der Waals surface area contributed by atoms with E-state index in [9.17, 15) is 27.6 Å². The van der Waals surface area contributed by atoms with Crippen molar-refractivity contribution in [1.29, 1.82) is 0 Å². The number of hydrogen-bond acceptors (Lipinski definition) is 5. The minimum Gasteiger partial charge on any atom is -0.475 e. The van der Waals surface area contributed by atoms with Crippen LogP contribution in [-0.4, -0.2) is 64.4 Å². The molecule has 0 saturated carbocycles. The van der Waals surface area contributed by atoms with Gasteiger partial charge in [0.2, 0.25) is 11.8 Å². The predicted molar refractivity (Wildman–Crippen MR) is 146 cm³/mol. The first-order chi connectivity index (χ1) is 19.1. The van der Waals surface area contributed by atoms with E-state index in [1.807, 2.05) is 41.3 Å². The minimum atomic E-state index is -5.08. The van der Waals surface area contributed by atoms with Gasteiger partial charge in [-0.1, -0.05) is 54.6 Å². The lowest BCUT2D eigenvalue weighted by atomic mass is 9.73. The van der Waals surface area contributed by atoms with Gasteiger partial charge < -0.3 is 21.1 Å². The smallest absolute Gasteiger partial charge is 0.475 e. The number of carboxylic acids is 1. The Bertz CT molecular complexity index is 1250. The standard InChI is InChI=1S/C28H35N3O3.C2HF3O2/c1-27(2,29)26(34)30-23(14-8-11-20-9-4-3-5-10-20)25(33)31-17-15-28(16-18-31)19-24(32)21-12-6-7-13-22(21)28;3-2(4,5)1(6)7/h3-7,9-10,12-13,23H,8,11,14-19,29H2,1-2H3,(H,30,34);(H,6,7). The summed E-state index contributed by atoms with van der Waals surface area (Å²) in [6.45, 7) is 4.45. The van der Waals surface area contributed by atoms with Crippen LogP contribution in [0.15, 0.2) is 54.6 Å². The zero-order valence-corrected chi connectivity index (χ0v) is 23.2. The van der Waals surface area contributed by atoms with Gasteiger partial charge in [0.25, 0.3) is 0 Å². The van der Waals surface area contributed by atoms with Gasteiger partial charge in [-0.05, 0) is 57.1 Å². The SMILES string of the molecule is CC(C)(N)C(=O)NC(CCCc1ccccc1)C(=O)N1CCC2(CC1)CC(=O)c1ccccc12.O=C(O)C(F)(F)F. The largest absolute Gasteiger partial charge is 0.490 e. The molecule has 1 heterocycles. The van der Waals surface area contributed by atoms with E-state index in [0.29, 0.717) is 25.9 Å². The van der Waals surface area contributed by atoms with Gasteiger partial charge in [-0.15, -0.1) is 0 Å². The molecule has 2 aromatic carbocycles. The van der Waals surface area contributed by atoms with Crippen molar-refractivity contribution >= 4 is 23.6 Å². The molecule has 1 aliphatic heterocycles. The van der Waals surface area contributed by atoms with Crippen molar-refractivity contribution < 1.29 is 37.5 Å². The van der Waals surface area contributed by atoms with Gasteiger partial charge >= 0.3 is 12.1 Å². The zero-order valence-electron chi connectivity index (χ0n) is 23.2. The van der Waals surface area contributed by atoms with E-state index in [1.54, 1.807) is 13.8 Å². The van der Waals surface area contributed by atoms with Gasteiger partial charge in [-0.3, -0.25) is 14.4 Å². The van der Waals surface area contributed by atoms with Crippen LogP contribution in [0.5, 0.6) is 0 Å². The molecule has 0 bridgehead atoms. The van der Waals surface area contributed by atoms with Crippen molar-refractivity contribution in [2.24, 2.45) is 5.73 Å². The predicted octanol–water partition coefficient (Wildman–Crippen LogP) is 4.01. The number of nitrogens with zero attached hydrogens (tertiary/aromatic N) is 1. The number of Topliss-reactive ketones (excluding diaryl/α,β-unsaturated/α-hetero) is 1. The molecule has 41 heavy (non-hydrogen) atoms. The fraction of sp³-hybridized carbons (Fsp3) is 0.467. The number of nitrogens with two attached hydrogens (primary N) is 1. The number of carbonyl (C=O) groups excluding carboxylic acids is 3. The van der Waals surface area contributed by atoms with E-state index in [1.165, 1.54) is 5.56 Å². The number of fused-ring (bicyclic) bond motifs is 2.